The molecule has 1 aliphatic rings. The van der Waals surface area contributed by atoms with E-state index < -0.39 is 0 Å². The van der Waals surface area contributed by atoms with E-state index >= 15 is 0 Å². The lowest BCUT2D eigenvalue weighted by Crippen LogP contribution is -2.26. The summed E-state index contributed by atoms with van der Waals surface area (Å²) in [7, 11) is 0. The molecule has 0 saturated heterocycles. The van der Waals surface area contributed by atoms with Crippen LogP contribution in [0.5, 0.6) is 5.75 Å². The van der Waals surface area contributed by atoms with Gasteiger partial charge in [-0.15, -0.1) is 0 Å². The molecule has 0 heterocycles. The van der Waals surface area contributed by atoms with Crippen molar-refractivity contribution in [2.75, 3.05) is 0 Å². The fraction of sp³-hybridized carbons (Fsp3) is 0.200. The van der Waals surface area contributed by atoms with E-state index in [1.165, 1.54) is 0 Å². The molecule has 0 saturated carbocycles. The molecule has 1 N–H and O–H groups in total. The van der Waals surface area contributed by atoms with Crippen LogP contribution in [0.2, 0.25) is 0 Å². The Balaban J connectivity index is 2.88. The maximum Gasteiger partial charge on any atom is 0.123 e. The predicted molar refractivity (Wildman–Crippen MR) is 45.5 cm³/mol. The van der Waals surface area contributed by atoms with Gasteiger partial charge in [0, 0.05) is 5.22 Å². The van der Waals surface area contributed by atoms with Gasteiger partial charge in [-0.2, -0.15) is 0 Å². The summed E-state index contributed by atoms with van der Waals surface area (Å²) < 4.78 is 0. The normalized spacial score (nSPS) is 14.5. The number of aromatic hydroxyl groups is 1. The number of phenols is 1. The molecule has 0 bridgehead atoms. The third-order valence-electron chi connectivity index (χ3n) is 2.00. The molecule has 11 heavy (non-hydrogen) atoms. The average molecular weight is 146 g/mol. The van der Waals surface area contributed by atoms with Crippen LogP contribution in [-0.4, -0.2) is 5.11 Å². The quantitative estimate of drug-likeness (QED) is 0.572. The molecular formula is C10H10O. The Morgan fingerprint density at radius 1 is 1.09 bits per heavy atom. The Bertz CT molecular complexity index is 376. The zero-order valence-corrected chi connectivity index (χ0v) is 6.25. The van der Waals surface area contributed by atoms with Crippen LogP contribution in [0.3, 0.4) is 0 Å². The predicted octanol–water partition coefficient (Wildman–Crippen LogP) is 0.747. The van der Waals surface area contributed by atoms with Crippen molar-refractivity contribution in [2.24, 2.45) is 0 Å². The summed E-state index contributed by atoms with van der Waals surface area (Å²) in [6, 6.07) is 5.64. The minimum atomic E-state index is 0.401. The molecular weight excluding hydrogens is 136 g/mol. The molecule has 0 atom stereocenters. The smallest absolute Gasteiger partial charge is 0.123 e. The lowest BCUT2D eigenvalue weighted by atomic mass is 10.1. The van der Waals surface area contributed by atoms with Gasteiger partial charge in [0.05, 0.1) is 0 Å². The minimum absolute atomic E-state index is 0.401. The molecule has 0 aromatic heterocycles. The molecule has 1 aliphatic carbocycles. The van der Waals surface area contributed by atoms with Crippen LogP contribution in [0.1, 0.15) is 12.8 Å². The van der Waals surface area contributed by atoms with Crippen molar-refractivity contribution in [3.8, 4) is 5.75 Å². The first-order valence-electron chi connectivity index (χ1n) is 3.86. The Labute approximate surface area is 65.3 Å². The Morgan fingerprint density at radius 3 is 2.73 bits per heavy atom. The fourth-order valence-corrected chi connectivity index (χ4v) is 1.44. The third kappa shape index (κ3) is 1.03. The number of fused-ring (bicyclic) bond motifs is 1. The van der Waals surface area contributed by atoms with E-state index in [0.717, 1.165) is 23.3 Å². The highest BCUT2D eigenvalue weighted by atomic mass is 16.3. The van der Waals surface area contributed by atoms with Gasteiger partial charge < -0.3 is 5.11 Å². The maximum atomic E-state index is 9.41. The lowest BCUT2D eigenvalue weighted by Gasteiger charge is -2.00. The summed E-state index contributed by atoms with van der Waals surface area (Å²) in [5.41, 5.74) is 0. The highest BCUT2D eigenvalue weighted by Crippen LogP contribution is 2.00. The number of hydrogen-bond acceptors (Lipinski definition) is 1. The van der Waals surface area contributed by atoms with Crippen molar-refractivity contribution in [3.63, 3.8) is 0 Å². The minimum Gasteiger partial charge on any atom is -0.507 e. The van der Waals surface area contributed by atoms with Gasteiger partial charge in [0.25, 0.3) is 0 Å². The van der Waals surface area contributed by atoms with Crippen LogP contribution < -0.4 is 10.4 Å². The van der Waals surface area contributed by atoms with Crippen LogP contribution in [0.4, 0.5) is 0 Å². The molecule has 2 rings (SSSR count). The van der Waals surface area contributed by atoms with Crippen LogP contribution >= 0.6 is 0 Å². The monoisotopic (exact) mass is 146 g/mol. The number of rotatable bonds is 0. The summed E-state index contributed by atoms with van der Waals surface area (Å²) in [6.07, 6.45) is 6.39. The summed E-state index contributed by atoms with van der Waals surface area (Å²) in [5.74, 6) is 0.401. The second kappa shape index (κ2) is 2.42. The zero-order chi connectivity index (χ0) is 7.68. The summed E-state index contributed by atoms with van der Waals surface area (Å²) >= 11 is 0. The van der Waals surface area contributed by atoms with Gasteiger partial charge in [-0.25, -0.2) is 0 Å². The average Bonchev–Trinajstić information content (AvgIpc) is 2.06. The van der Waals surface area contributed by atoms with E-state index in [1.54, 1.807) is 6.07 Å². The van der Waals surface area contributed by atoms with E-state index in [-0.39, 0.29) is 0 Å². The van der Waals surface area contributed by atoms with Gasteiger partial charge in [0.2, 0.25) is 0 Å². The van der Waals surface area contributed by atoms with Gasteiger partial charge in [-0.3, -0.25) is 0 Å². The second-order valence-electron chi connectivity index (χ2n) is 2.77. The number of phenolic OH excluding ortho intramolecular Hbond substituents is 1. The van der Waals surface area contributed by atoms with Crippen molar-refractivity contribution >= 4 is 12.2 Å². The van der Waals surface area contributed by atoms with Crippen molar-refractivity contribution in [2.45, 2.75) is 12.8 Å². The van der Waals surface area contributed by atoms with E-state index in [9.17, 15) is 5.11 Å². The first-order chi connectivity index (χ1) is 5.38. The van der Waals surface area contributed by atoms with Crippen molar-refractivity contribution < 1.29 is 5.11 Å². The third-order valence-corrected chi connectivity index (χ3v) is 2.00. The molecule has 1 nitrogen and oxygen atoms in total. The first-order valence-corrected chi connectivity index (χ1v) is 3.86. The van der Waals surface area contributed by atoms with Gasteiger partial charge in [0.1, 0.15) is 5.75 Å². The molecule has 1 heteroatoms. The molecule has 0 amide bonds. The summed E-state index contributed by atoms with van der Waals surface area (Å²) in [4.78, 5) is 0. The highest BCUT2D eigenvalue weighted by molar-refractivity contribution is 5.43. The van der Waals surface area contributed by atoms with E-state index in [0.29, 0.717) is 5.75 Å². The van der Waals surface area contributed by atoms with Gasteiger partial charge in [0.15, 0.2) is 0 Å². The summed E-state index contributed by atoms with van der Waals surface area (Å²) in [5, 5.41) is 11.6. The van der Waals surface area contributed by atoms with Gasteiger partial charge in [-0.05, 0) is 24.1 Å². The number of benzene rings is 1. The topological polar surface area (TPSA) is 20.2 Å². The molecule has 1 aromatic carbocycles. The van der Waals surface area contributed by atoms with E-state index in [4.69, 9.17) is 0 Å². The van der Waals surface area contributed by atoms with E-state index in [2.05, 4.69) is 12.2 Å². The second-order valence-corrected chi connectivity index (χ2v) is 2.77. The highest BCUT2D eigenvalue weighted by Gasteiger charge is 1.95. The molecule has 0 unspecified atom stereocenters. The van der Waals surface area contributed by atoms with Crippen molar-refractivity contribution in [1.82, 2.24) is 0 Å². The Hall–Kier alpha value is -1.24. The molecule has 0 aliphatic heterocycles. The van der Waals surface area contributed by atoms with Gasteiger partial charge in [-0.1, -0.05) is 24.3 Å². The molecule has 0 radical (unpaired) electrons. The van der Waals surface area contributed by atoms with Crippen LogP contribution in [0.15, 0.2) is 18.2 Å². The van der Waals surface area contributed by atoms with Crippen LogP contribution in [-0.2, 0) is 0 Å². The molecule has 56 valence electrons. The van der Waals surface area contributed by atoms with Crippen LogP contribution in [0, 0.1) is 0 Å². The van der Waals surface area contributed by atoms with Crippen molar-refractivity contribution in [1.29, 1.82) is 0 Å². The fourth-order valence-electron chi connectivity index (χ4n) is 1.44. The van der Waals surface area contributed by atoms with E-state index in [1.807, 2.05) is 12.1 Å². The van der Waals surface area contributed by atoms with Gasteiger partial charge >= 0.3 is 0 Å². The SMILES string of the molecule is Oc1cccc2c1=CCCC=2. The number of hydrogen-bond donors (Lipinski definition) is 1. The molecule has 1 aromatic rings. The largest absolute Gasteiger partial charge is 0.507 e. The zero-order valence-electron chi connectivity index (χ0n) is 6.25. The maximum absolute atomic E-state index is 9.41. The standard InChI is InChI=1S/C10H10O/c11-10-7-3-5-8-4-1-2-6-9(8)10/h3-7,11H,1-2H2. The molecule has 0 spiro atoms. The van der Waals surface area contributed by atoms with Crippen LogP contribution in [0.25, 0.3) is 12.2 Å². The lowest BCUT2D eigenvalue weighted by molar-refractivity contribution is 0.470. The Morgan fingerprint density at radius 2 is 1.91 bits per heavy atom. The molecule has 0 fully saturated rings. The van der Waals surface area contributed by atoms with Crippen molar-refractivity contribution in [3.05, 3.63) is 28.6 Å². The summed E-state index contributed by atoms with van der Waals surface area (Å²) in [6.45, 7) is 0. The first kappa shape index (κ1) is 6.47. The Kier molecular flexibility index (Phi) is 1.42.